The van der Waals surface area contributed by atoms with E-state index in [9.17, 15) is 0 Å². The monoisotopic (exact) mass is 283 g/mol. The third kappa shape index (κ3) is 2.28. The van der Waals surface area contributed by atoms with Gasteiger partial charge in [-0.3, -0.25) is 4.98 Å². The van der Waals surface area contributed by atoms with Crippen molar-refractivity contribution < 1.29 is 0 Å². The fourth-order valence-corrected chi connectivity index (χ4v) is 2.47. The number of nitrogens with one attached hydrogen (secondary N) is 1. The van der Waals surface area contributed by atoms with Crippen molar-refractivity contribution >= 4 is 39.4 Å². The maximum atomic E-state index is 6.26. The molecule has 1 aromatic heterocycles. The van der Waals surface area contributed by atoms with E-state index in [1.807, 2.05) is 43.3 Å². The molecule has 20 heavy (non-hydrogen) atoms. The summed E-state index contributed by atoms with van der Waals surface area (Å²) >= 11 is 6.26. The first-order chi connectivity index (χ1) is 9.65. The number of rotatable bonds is 2. The molecule has 0 aliphatic heterocycles. The highest BCUT2D eigenvalue weighted by Gasteiger charge is 2.06. The van der Waals surface area contributed by atoms with Gasteiger partial charge in [-0.05, 0) is 42.8 Å². The van der Waals surface area contributed by atoms with E-state index in [2.05, 4.69) is 10.3 Å². The summed E-state index contributed by atoms with van der Waals surface area (Å²) in [5, 5.41) is 6.01. The van der Waals surface area contributed by atoms with Gasteiger partial charge >= 0.3 is 0 Å². The summed E-state index contributed by atoms with van der Waals surface area (Å²) in [6, 6.07) is 11.7. The van der Waals surface area contributed by atoms with Gasteiger partial charge in [-0.15, -0.1) is 0 Å². The lowest BCUT2D eigenvalue weighted by Crippen LogP contribution is -1.95. The molecule has 0 saturated heterocycles. The molecule has 0 aliphatic rings. The van der Waals surface area contributed by atoms with Crippen molar-refractivity contribution in [1.29, 1.82) is 0 Å². The van der Waals surface area contributed by atoms with Gasteiger partial charge < -0.3 is 11.1 Å². The van der Waals surface area contributed by atoms with Gasteiger partial charge in [-0.1, -0.05) is 17.7 Å². The number of anilines is 3. The number of aromatic nitrogens is 1. The Kier molecular flexibility index (Phi) is 3.20. The van der Waals surface area contributed by atoms with Crippen LogP contribution in [0.3, 0.4) is 0 Å². The first-order valence-electron chi connectivity index (χ1n) is 6.30. The Morgan fingerprint density at radius 2 is 1.85 bits per heavy atom. The standard InChI is InChI=1S/C16H14ClN3/c1-10-2-4-16(13(17)8-10)20-15-5-3-14(18)12-9-19-7-6-11(12)15/h2-9,20H,18H2,1H3. The van der Waals surface area contributed by atoms with Crippen LogP contribution in [0, 0.1) is 6.92 Å². The zero-order chi connectivity index (χ0) is 14.1. The van der Waals surface area contributed by atoms with Crippen LogP contribution in [0.5, 0.6) is 0 Å². The minimum absolute atomic E-state index is 0.698. The van der Waals surface area contributed by atoms with Crippen LogP contribution in [-0.2, 0) is 0 Å². The van der Waals surface area contributed by atoms with Crippen LogP contribution in [0.4, 0.5) is 17.1 Å². The second-order valence-corrected chi connectivity index (χ2v) is 5.14. The van der Waals surface area contributed by atoms with Crippen LogP contribution in [-0.4, -0.2) is 4.98 Å². The summed E-state index contributed by atoms with van der Waals surface area (Å²) in [4.78, 5) is 4.12. The number of hydrogen-bond donors (Lipinski definition) is 2. The molecule has 0 saturated carbocycles. The lowest BCUT2D eigenvalue weighted by atomic mass is 10.1. The van der Waals surface area contributed by atoms with E-state index in [0.717, 1.165) is 27.7 Å². The quantitative estimate of drug-likeness (QED) is 0.680. The van der Waals surface area contributed by atoms with E-state index >= 15 is 0 Å². The van der Waals surface area contributed by atoms with Crippen molar-refractivity contribution in [3.05, 3.63) is 59.4 Å². The van der Waals surface area contributed by atoms with E-state index in [1.54, 1.807) is 12.4 Å². The fourth-order valence-electron chi connectivity index (χ4n) is 2.19. The number of halogens is 1. The van der Waals surface area contributed by atoms with Crippen LogP contribution in [0.1, 0.15) is 5.56 Å². The third-order valence-corrected chi connectivity index (χ3v) is 3.56. The number of fused-ring (bicyclic) bond motifs is 1. The molecule has 1 heterocycles. The Bertz CT molecular complexity index is 784. The van der Waals surface area contributed by atoms with Crippen molar-refractivity contribution in [2.45, 2.75) is 6.92 Å². The molecule has 3 aromatic rings. The van der Waals surface area contributed by atoms with Crippen LogP contribution < -0.4 is 11.1 Å². The minimum atomic E-state index is 0.698. The van der Waals surface area contributed by atoms with Crippen LogP contribution in [0.15, 0.2) is 48.8 Å². The summed E-state index contributed by atoms with van der Waals surface area (Å²) in [6.07, 6.45) is 3.52. The number of benzene rings is 2. The Labute approximate surface area is 122 Å². The van der Waals surface area contributed by atoms with Gasteiger partial charge in [0.1, 0.15) is 0 Å². The molecule has 0 bridgehead atoms. The molecule has 3 N–H and O–H groups in total. The largest absolute Gasteiger partial charge is 0.398 e. The maximum absolute atomic E-state index is 6.26. The number of nitrogens with two attached hydrogens (primary N) is 1. The lowest BCUT2D eigenvalue weighted by molar-refractivity contribution is 1.36. The smallest absolute Gasteiger partial charge is 0.0643 e. The van der Waals surface area contributed by atoms with E-state index < -0.39 is 0 Å². The van der Waals surface area contributed by atoms with E-state index in [-0.39, 0.29) is 0 Å². The van der Waals surface area contributed by atoms with Crippen LogP contribution in [0.25, 0.3) is 10.8 Å². The van der Waals surface area contributed by atoms with Gasteiger partial charge in [0.25, 0.3) is 0 Å². The number of pyridine rings is 1. The van der Waals surface area contributed by atoms with Crippen LogP contribution in [0.2, 0.25) is 5.02 Å². The Morgan fingerprint density at radius 3 is 2.65 bits per heavy atom. The normalized spacial score (nSPS) is 10.7. The Hall–Kier alpha value is -2.26. The molecule has 3 nitrogen and oxygen atoms in total. The molecule has 2 aromatic carbocycles. The van der Waals surface area contributed by atoms with E-state index in [4.69, 9.17) is 17.3 Å². The summed E-state index contributed by atoms with van der Waals surface area (Å²) in [5.41, 5.74) is 9.66. The Balaban J connectivity index is 2.09. The molecular weight excluding hydrogens is 270 g/mol. The predicted octanol–water partition coefficient (Wildman–Crippen LogP) is 4.52. The molecule has 4 heteroatoms. The van der Waals surface area contributed by atoms with Crippen molar-refractivity contribution in [3.8, 4) is 0 Å². The topological polar surface area (TPSA) is 50.9 Å². The number of nitrogens with zero attached hydrogens (tertiary/aromatic N) is 1. The highest BCUT2D eigenvalue weighted by atomic mass is 35.5. The summed E-state index contributed by atoms with van der Waals surface area (Å²) in [7, 11) is 0. The second kappa shape index (κ2) is 5.02. The highest BCUT2D eigenvalue weighted by molar-refractivity contribution is 6.33. The first-order valence-corrected chi connectivity index (χ1v) is 6.68. The molecule has 3 rings (SSSR count). The van der Waals surface area contributed by atoms with Gasteiger partial charge in [0.05, 0.1) is 10.7 Å². The van der Waals surface area contributed by atoms with E-state index in [0.29, 0.717) is 10.7 Å². The average molecular weight is 284 g/mol. The zero-order valence-corrected chi connectivity index (χ0v) is 11.8. The first kappa shape index (κ1) is 12.8. The predicted molar refractivity (Wildman–Crippen MR) is 85.6 cm³/mol. The highest BCUT2D eigenvalue weighted by Crippen LogP contribution is 2.32. The molecule has 0 atom stereocenters. The van der Waals surface area contributed by atoms with Crippen molar-refractivity contribution in [2.75, 3.05) is 11.1 Å². The number of nitrogen functional groups attached to an aromatic ring is 1. The van der Waals surface area contributed by atoms with Crippen LogP contribution >= 0.6 is 11.6 Å². The minimum Gasteiger partial charge on any atom is -0.398 e. The van der Waals surface area contributed by atoms with Gasteiger partial charge in [-0.2, -0.15) is 0 Å². The van der Waals surface area contributed by atoms with E-state index in [1.165, 1.54) is 0 Å². The molecular formula is C16H14ClN3. The summed E-state index contributed by atoms with van der Waals surface area (Å²) < 4.78 is 0. The molecule has 0 unspecified atom stereocenters. The maximum Gasteiger partial charge on any atom is 0.0643 e. The third-order valence-electron chi connectivity index (χ3n) is 3.25. The van der Waals surface area contributed by atoms with Crippen molar-refractivity contribution in [1.82, 2.24) is 4.98 Å². The molecule has 0 spiro atoms. The molecule has 0 fully saturated rings. The molecule has 0 aliphatic carbocycles. The van der Waals surface area contributed by atoms with Gasteiger partial charge in [0.15, 0.2) is 0 Å². The zero-order valence-electron chi connectivity index (χ0n) is 11.0. The number of aryl methyl sites for hydroxylation is 1. The SMILES string of the molecule is Cc1ccc(Nc2ccc(N)c3cnccc23)c(Cl)c1. The van der Waals surface area contributed by atoms with Gasteiger partial charge in [-0.25, -0.2) is 0 Å². The summed E-state index contributed by atoms with van der Waals surface area (Å²) in [5.74, 6) is 0. The Morgan fingerprint density at radius 1 is 1.05 bits per heavy atom. The summed E-state index contributed by atoms with van der Waals surface area (Å²) in [6.45, 7) is 2.01. The molecule has 0 amide bonds. The number of hydrogen-bond acceptors (Lipinski definition) is 3. The van der Waals surface area contributed by atoms with Gasteiger partial charge in [0, 0.05) is 34.5 Å². The average Bonchev–Trinajstić information content (AvgIpc) is 2.45. The second-order valence-electron chi connectivity index (χ2n) is 4.73. The van der Waals surface area contributed by atoms with Crippen molar-refractivity contribution in [2.24, 2.45) is 0 Å². The molecule has 0 radical (unpaired) electrons. The fraction of sp³-hybridized carbons (Fsp3) is 0.0625. The van der Waals surface area contributed by atoms with Crippen molar-refractivity contribution in [3.63, 3.8) is 0 Å². The lowest BCUT2D eigenvalue weighted by Gasteiger charge is -2.12. The molecule has 100 valence electrons. The van der Waals surface area contributed by atoms with Gasteiger partial charge in [0.2, 0.25) is 0 Å².